The molecule has 0 amide bonds. The largest absolute Gasteiger partial charge is 0.370 e. The molecule has 0 aliphatic carbocycles. The molecule has 1 rings (SSSR count). The maximum Gasteiger partial charge on any atom is 0.191 e. The summed E-state index contributed by atoms with van der Waals surface area (Å²) in [6, 6.07) is 5.90. The number of guanidine groups is 1. The smallest absolute Gasteiger partial charge is 0.191 e. The highest BCUT2D eigenvalue weighted by molar-refractivity contribution is 14.0. The van der Waals surface area contributed by atoms with Gasteiger partial charge in [-0.3, -0.25) is 4.99 Å². The van der Waals surface area contributed by atoms with E-state index >= 15 is 0 Å². The molecule has 0 unspecified atom stereocenters. The molecule has 126 valence electrons. The van der Waals surface area contributed by atoms with Gasteiger partial charge in [-0.25, -0.2) is 4.98 Å². The van der Waals surface area contributed by atoms with Crippen LogP contribution in [-0.2, 0) is 0 Å². The van der Waals surface area contributed by atoms with Crippen molar-refractivity contribution >= 4 is 35.8 Å². The van der Waals surface area contributed by atoms with Crippen LogP contribution in [0.5, 0.6) is 0 Å². The van der Waals surface area contributed by atoms with Crippen LogP contribution in [0.15, 0.2) is 29.4 Å². The van der Waals surface area contributed by atoms with Gasteiger partial charge >= 0.3 is 0 Å². The molecule has 22 heavy (non-hydrogen) atoms. The van der Waals surface area contributed by atoms with Crippen molar-refractivity contribution in [2.24, 2.45) is 4.99 Å². The molecule has 6 heteroatoms. The third-order valence-electron chi connectivity index (χ3n) is 2.99. The zero-order valence-electron chi connectivity index (χ0n) is 13.8. The third kappa shape index (κ3) is 10.6. The Balaban J connectivity index is 0.00000441. The van der Waals surface area contributed by atoms with E-state index in [0.29, 0.717) is 0 Å². The number of halogens is 1. The lowest BCUT2D eigenvalue weighted by molar-refractivity contribution is 0.719. The lowest BCUT2D eigenvalue weighted by Gasteiger charge is -2.10. The van der Waals surface area contributed by atoms with E-state index in [2.05, 4.69) is 39.8 Å². The molecule has 0 spiro atoms. The topological polar surface area (TPSA) is 61.3 Å². The zero-order chi connectivity index (χ0) is 15.2. The van der Waals surface area contributed by atoms with E-state index in [9.17, 15) is 0 Å². The van der Waals surface area contributed by atoms with Crippen LogP contribution in [0.1, 0.15) is 39.5 Å². The van der Waals surface area contributed by atoms with Crippen LogP contribution in [0.4, 0.5) is 5.82 Å². The average Bonchev–Trinajstić information content (AvgIpc) is 2.52. The van der Waals surface area contributed by atoms with Gasteiger partial charge in [-0.15, -0.1) is 24.0 Å². The van der Waals surface area contributed by atoms with Crippen LogP contribution in [0, 0.1) is 0 Å². The van der Waals surface area contributed by atoms with E-state index in [1.165, 1.54) is 12.8 Å². The predicted octanol–water partition coefficient (Wildman–Crippen LogP) is 3.25. The maximum atomic E-state index is 4.58. The fourth-order valence-electron chi connectivity index (χ4n) is 1.84. The molecule has 1 aromatic rings. The minimum atomic E-state index is 0. The zero-order valence-corrected chi connectivity index (χ0v) is 16.1. The first-order valence-electron chi connectivity index (χ1n) is 8.04. The Morgan fingerprint density at radius 1 is 1.09 bits per heavy atom. The van der Waals surface area contributed by atoms with Gasteiger partial charge in [-0.05, 0) is 38.3 Å². The second-order valence-electron chi connectivity index (χ2n) is 4.89. The summed E-state index contributed by atoms with van der Waals surface area (Å²) in [6.45, 7) is 7.97. The van der Waals surface area contributed by atoms with E-state index < -0.39 is 0 Å². The van der Waals surface area contributed by atoms with Crippen LogP contribution >= 0.6 is 24.0 Å². The number of nitrogens with one attached hydrogen (secondary N) is 3. The van der Waals surface area contributed by atoms with Gasteiger partial charge < -0.3 is 16.0 Å². The summed E-state index contributed by atoms with van der Waals surface area (Å²) >= 11 is 0. The van der Waals surface area contributed by atoms with Crippen LogP contribution < -0.4 is 16.0 Å². The highest BCUT2D eigenvalue weighted by Gasteiger charge is 1.96. The Hall–Kier alpha value is -1.05. The van der Waals surface area contributed by atoms with Gasteiger partial charge in [0.05, 0.1) is 0 Å². The number of anilines is 1. The normalized spacial score (nSPS) is 10.7. The first-order chi connectivity index (χ1) is 10.4. The summed E-state index contributed by atoms with van der Waals surface area (Å²) < 4.78 is 0. The molecule has 0 aliphatic heterocycles. The Morgan fingerprint density at radius 3 is 2.64 bits per heavy atom. The van der Waals surface area contributed by atoms with Crippen LogP contribution in [-0.4, -0.2) is 37.1 Å². The van der Waals surface area contributed by atoms with Gasteiger partial charge in [0.15, 0.2) is 5.96 Å². The molecule has 3 N–H and O–H groups in total. The molecular formula is C16H30IN5. The monoisotopic (exact) mass is 419 g/mol. The highest BCUT2D eigenvalue weighted by Crippen LogP contribution is 2.00. The highest BCUT2D eigenvalue weighted by atomic mass is 127. The summed E-state index contributed by atoms with van der Waals surface area (Å²) in [5.74, 6) is 1.87. The van der Waals surface area contributed by atoms with E-state index in [-0.39, 0.29) is 24.0 Å². The Bertz CT molecular complexity index is 383. The van der Waals surface area contributed by atoms with Crippen molar-refractivity contribution in [1.29, 1.82) is 0 Å². The van der Waals surface area contributed by atoms with E-state index in [4.69, 9.17) is 0 Å². The van der Waals surface area contributed by atoms with Crippen molar-refractivity contribution in [3.8, 4) is 0 Å². The summed E-state index contributed by atoms with van der Waals surface area (Å²) in [4.78, 5) is 8.81. The first kappa shape index (κ1) is 20.9. The molecule has 5 nitrogen and oxygen atoms in total. The second-order valence-corrected chi connectivity index (χ2v) is 4.89. The van der Waals surface area contributed by atoms with Crippen molar-refractivity contribution in [3.05, 3.63) is 24.4 Å². The first-order valence-corrected chi connectivity index (χ1v) is 8.04. The number of hydrogen-bond acceptors (Lipinski definition) is 3. The van der Waals surface area contributed by atoms with Gasteiger partial charge in [-0.1, -0.05) is 19.4 Å². The molecule has 0 saturated carbocycles. The molecule has 0 bridgehead atoms. The number of nitrogens with zero attached hydrogens (tertiary/aromatic N) is 2. The average molecular weight is 419 g/mol. The van der Waals surface area contributed by atoms with E-state index in [1.807, 2.05) is 18.2 Å². The summed E-state index contributed by atoms with van der Waals surface area (Å²) in [7, 11) is 0. The summed E-state index contributed by atoms with van der Waals surface area (Å²) in [5.41, 5.74) is 0. The predicted molar refractivity (Wildman–Crippen MR) is 106 cm³/mol. The van der Waals surface area contributed by atoms with Crippen molar-refractivity contribution in [1.82, 2.24) is 15.6 Å². The van der Waals surface area contributed by atoms with Crippen molar-refractivity contribution < 1.29 is 0 Å². The molecule has 1 heterocycles. The van der Waals surface area contributed by atoms with Crippen LogP contribution in [0.3, 0.4) is 0 Å². The van der Waals surface area contributed by atoms with Crippen molar-refractivity contribution in [2.45, 2.75) is 39.5 Å². The quantitative estimate of drug-likeness (QED) is 0.236. The Kier molecular flexibility index (Phi) is 14.2. The summed E-state index contributed by atoms with van der Waals surface area (Å²) in [5, 5.41) is 9.93. The Morgan fingerprint density at radius 2 is 1.95 bits per heavy atom. The minimum absolute atomic E-state index is 0. The number of unbranched alkanes of at least 4 members (excludes halogenated alkanes) is 2. The van der Waals surface area contributed by atoms with Gasteiger partial charge in [0.2, 0.25) is 0 Å². The SMILES string of the molecule is CCCCNC(=NCCCCNc1ccccn1)NCC.I. The van der Waals surface area contributed by atoms with Crippen LogP contribution in [0.2, 0.25) is 0 Å². The van der Waals surface area contributed by atoms with Crippen molar-refractivity contribution in [2.75, 3.05) is 31.5 Å². The number of aliphatic imine (C=N–C) groups is 1. The molecule has 0 aliphatic rings. The second kappa shape index (κ2) is 14.9. The lowest BCUT2D eigenvalue weighted by Crippen LogP contribution is -2.37. The fourth-order valence-corrected chi connectivity index (χ4v) is 1.84. The molecule has 0 saturated heterocycles. The maximum absolute atomic E-state index is 4.58. The molecule has 0 aromatic carbocycles. The van der Waals surface area contributed by atoms with Gasteiger partial charge in [0.25, 0.3) is 0 Å². The standard InChI is InChI=1S/C16H29N5.HI/c1-3-5-11-20-16(17-4-2)21-14-9-8-13-19-15-10-6-7-12-18-15;/h6-7,10,12H,3-5,8-9,11,13-14H2,1-2H3,(H,18,19)(H2,17,20,21);1H. The molecule has 0 fully saturated rings. The number of pyridine rings is 1. The number of aromatic nitrogens is 1. The summed E-state index contributed by atoms with van der Waals surface area (Å²) in [6.07, 6.45) is 6.35. The molecular weight excluding hydrogens is 389 g/mol. The minimum Gasteiger partial charge on any atom is -0.370 e. The van der Waals surface area contributed by atoms with Gasteiger partial charge in [-0.2, -0.15) is 0 Å². The molecule has 0 atom stereocenters. The number of rotatable bonds is 10. The van der Waals surface area contributed by atoms with Gasteiger partial charge in [0.1, 0.15) is 5.82 Å². The van der Waals surface area contributed by atoms with E-state index in [0.717, 1.165) is 50.8 Å². The number of hydrogen-bond donors (Lipinski definition) is 3. The third-order valence-corrected chi connectivity index (χ3v) is 2.99. The van der Waals surface area contributed by atoms with Crippen molar-refractivity contribution in [3.63, 3.8) is 0 Å². The van der Waals surface area contributed by atoms with Crippen LogP contribution in [0.25, 0.3) is 0 Å². The lowest BCUT2D eigenvalue weighted by atomic mass is 10.3. The molecule has 0 radical (unpaired) electrons. The van der Waals surface area contributed by atoms with E-state index in [1.54, 1.807) is 6.20 Å². The fraction of sp³-hybridized carbons (Fsp3) is 0.625. The Labute approximate surface area is 151 Å². The van der Waals surface area contributed by atoms with Gasteiger partial charge in [0, 0.05) is 32.4 Å². The molecule has 1 aromatic heterocycles.